The van der Waals surface area contributed by atoms with Gasteiger partial charge in [0.15, 0.2) is 0 Å². The Balaban J connectivity index is 1.72. The van der Waals surface area contributed by atoms with Gasteiger partial charge in [0, 0.05) is 11.6 Å². The van der Waals surface area contributed by atoms with Crippen molar-refractivity contribution in [3.63, 3.8) is 0 Å². The van der Waals surface area contributed by atoms with Crippen molar-refractivity contribution in [1.29, 1.82) is 0 Å². The molecule has 3 rings (SSSR count). The minimum absolute atomic E-state index is 0.00715. The smallest absolute Gasteiger partial charge is 0.349 e. The summed E-state index contributed by atoms with van der Waals surface area (Å²) in [6.07, 6.45) is -1.73. The molecule has 172 valence electrons. The maximum atomic E-state index is 13.6. The van der Waals surface area contributed by atoms with Gasteiger partial charge in [0.2, 0.25) is 0 Å². The van der Waals surface area contributed by atoms with E-state index in [0.29, 0.717) is 11.1 Å². The van der Waals surface area contributed by atoms with Crippen molar-refractivity contribution in [2.45, 2.75) is 31.5 Å². The highest BCUT2D eigenvalue weighted by atomic mass is 35.5. The van der Waals surface area contributed by atoms with E-state index in [1.807, 2.05) is 7.05 Å². The van der Waals surface area contributed by atoms with Crippen molar-refractivity contribution in [1.82, 2.24) is 10.2 Å². The summed E-state index contributed by atoms with van der Waals surface area (Å²) in [6.45, 7) is 1.86. The Labute approximate surface area is 200 Å². The largest absolute Gasteiger partial charge is 0.416 e. The van der Waals surface area contributed by atoms with Crippen LogP contribution in [0.3, 0.4) is 0 Å². The van der Waals surface area contributed by atoms with Gasteiger partial charge in [-0.25, -0.2) is 0 Å². The number of nitrogens with zero attached hydrogens (tertiary/aromatic N) is 1. The first-order valence-corrected chi connectivity index (χ1v) is 11.2. The third-order valence-electron chi connectivity index (χ3n) is 5.41. The quantitative estimate of drug-likeness (QED) is 0.461. The van der Waals surface area contributed by atoms with E-state index in [1.165, 1.54) is 0 Å². The molecule has 0 atom stereocenters. The van der Waals surface area contributed by atoms with Crippen molar-refractivity contribution >= 4 is 46.3 Å². The lowest BCUT2D eigenvalue weighted by Gasteiger charge is -2.29. The van der Waals surface area contributed by atoms with Gasteiger partial charge in [0.25, 0.3) is 5.91 Å². The summed E-state index contributed by atoms with van der Waals surface area (Å²) in [5.41, 5.74) is 0.0887. The SMILES string of the molecule is CN1CCC(NC(=O)c2ccc(CC=C(c3cc(Cl)c(Cl)c(Cl)c3)C(F)(F)F)cc2)CC1. The number of likely N-dealkylation sites (tertiary alicyclic amines) is 1. The van der Waals surface area contributed by atoms with Gasteiger partial charge < -0.3 is 10.2 Å². The zero-order valence-electron chi connectivity index (χ0n) is 17.3. The second-order valence-corrected chi connectivity index (χ2v) is 9.01. The van der Waals surface area contributed by atoms with Crippen molar-refractivity contribution < 1.29 is 18.0 Å². The molecule has 0 bridgehead atoms. The van der Waals surface area contributed by atoms with Crippen molar-refractivity contribution in [3.05, 3.63) is 74.2 Å². The van der Waals surface area contributed by atoms with Crippen LogP contribution in [0.15, 0.2) is 42.5 Å². The Morgan fingerprint density at radius 1 is 1.06 bits per heavy atom. The van der Waals surface area contributed by atoms with Crippen LogP contribution in [0.5, 0.6) is 0 Å². The molecule has 0 aliphatic carbocycles. The van der Waals surface area contributed by atoms with Crippen LogP contribution in [0.2, 0.25) is 15.1 Å². The molecule has 1 fully saturated rings. The minimum Gasteiger partial charge on any atom is -0.349 e. The number of hydrogen-bond donors (Lipinski definition) is 1. The maximum absolute atomic E-state index is 13.6. The maximum Gasteiger partial charge on any atom is 0.416 e. The van der Waals surface area contributed by atoms with E-state index < -0.39 is 11.7 Å². The number of piperidine rings is 1. The number of rotatable bonds is 5. The summed E-state index contributed by atoms with van der Waals surface area (Å²) in [4.78, 5) is 14.7. The molecule has 0 radical (unpaired) electrons. The van der Waals surface area contributed by atoms with Crippen LogP contribution in [0.4, 0.5) is 13.2 Å². The number of carbonyl (C=O) groups excluding carboxylic acids is 1. The summed E-state index contributed by atoms with van der Waals surface area (Å²) < 4.78 is 40.9. The first-order valence-electron chi connectivity index (χ1n) is 10.0. The summed E-state index contributed by atoms with van der Waals surface area (Å²) >= 11 is 17.7. The van der Waals surface area contributed by atoms with E-state index in [2.05, 4.69) is 10.2 Å². The molecule has 1 heterocycles. The molecular weight excluding hydrogens is 484 g/mol. The van der Waals surface area contributed by atoms with E-state index in [1.54, 1.807) is 24.3 Å². The van der Waals surface area contributed by atoms with Crippen LogP contribution in [-0.2, 0) is 6.42 Å². The van der Waals surface area contributed by atoms with Gasteiger partial charge >= 0.3 is 6.18 Å². The second kappa shape index (κ2) is 10.5. The topological polar surface area (TPSA) is 32.3 Å². The van der Waals surface area contributed by atoms with Crippen LogP contribution in [0.25, 0.3) is 5.57 Å². The van der Waals surface area contributed by atoms with E-state index in [4.69, 9.17) is 34.8 Å². The molecule has 0 saturated carbocycles. The van der Waals surface area contributed by atoms with Crippen LogP contribution >= 0.6 is 34.8 Å². The molecule has 9 heteroatoms. The van der Waals surface area contributed by atoms with Gasteiger partial charge in [-0.05, 0) is 74.8 Å². The van der Waals surface area contributed by atoms with Gasteiger partial charge in [0.1, 0.15) is 0 Å². The number of allylic oxidation sites excluding steroid dienone is 2. The van der Waals surface area contributed by atoms with E-state index in [9.17, 15) is 18.0 Å². The van der Waals surface area contributed by atoms with E-state index in [0.717, 1.165) is 44.1 Å². The molecule has 32 heavy (non-hydrogen) atoms. The lowest BCUT2D eigenvalue weighted by Crippen LogP contribution is -2.43. The highest BCUT2D eigenvalue weighted by Crippen LogP contribution is 2.39. The molecule has 0 unspecified atom stereocenters. The molecule has 1 amide bonds. The first kappa shape index (κ1) is 24.9. The predicted octanol–water partition coefficient (Wildman–Crippen LogP) is 6.66. The van der Waals surface area contributed by atoms with Gasteiger partial charge in [-0.1, -0.05) is 53.0 Å². The van der Waals surface area contributed by atoms with Crippen molar-refractivity contribution in [3.8, 4) is 0 Å². The molecule has 2 aromatic carbocycles. The Kier molecular flexibility index (Phi) is 8.15. The zero-order chi connectivity index (χ0) is 23.5. The molecule has 0 spiro atoms. The predicted molar refractivity (Wildman–Crippen MR) is 124 cm³/mol. The van der Waals surface area contributed by atoms with Crippen LogP contribution in [-0.4, -0.2) is 43.2 Å². The van der Waals surface area contributed by atoms with E-state index in [-0.39, 0.29) is 39.0 Å². The Morgan fingerprint density at radius 2 is 1.62 bits per heavy atom. The van der Waals surface area contributed by atoms with Gasteiger partial charge in [-0.2, -0.15) is 13.2 Å². The van der Waals surface area contributed by atoms with E-state index >= 15 is 0 Å². The first-order chi connectivity index (χ1) is 15.0. The zero-order valence-corrected chi connectivity index (χ0v) is 19.5. The highest BCUT2D eigenvalue weighted by Gasteiger charge is 2.35. The minimum atomic E-state index is -4.60. The fourth-order valence-electron chi connectivity index (χ4n) is 3.54. The molecule has 1 aliphatic heterocycles. The van der Waals surface area contributed by atoms with Crippen molar-refractivity contribution in [2.24, 2.45) is 0 Å². The molecule has 1 saturated heterocycles. The van der Waals surface area contributed by atoms with Gasteiger partial charge in [-0.3, -0.25) is 4.79 Å². The number of hydrogen-bond acceptors (Lipinski definition) is 2. The Morgan fingerprint density at radius 3 is 2.16 bits per heavy atom. The molecule has 1 N–H and O–H groups in total. The lowest BCUT2D eigenvalue weighted by molar-refractivity contribution is -0.0690. The van der Waals surface area contributed by atoms with Crippen LogP contribution < -0.4 is 5.32 Å². The van der Waals surface area contributed by atoms with Gasteiger partial charge in [-0.15, -0.1) is 0 Å². The summed E-state index contributed by atoms with van der Waals surface area (Å²) in [6, 6.07) is 8.96. The molecule has 0 aromatic heterocycles. The molecule has 3 nitrogen and oxygen atoms in total. The molecular formula is C23H22Cl3F3N2O. The summed E-state index contributed by atoms with van der Waals surface area (Å²) in [5.74, 6) is -0.178. The monoisotopic (exact) mass is 504 g/mol. The standard InChI is InChI=1S/C23H22Cl3F3N2O/c1-31-10-8-17(9-11-31)30-22(32)15-5-2-14(3-6-15)4-7-18(23(27,28)29)16-12-19(24)21(26)20(25)13-16/h2-3,5-7,12-13,17H,4,8-11H2,1H3,(H,30,32). The van der Waals surface area contributed by atoms with Gasteiger partial charge in [0.05, 0.1) is 20.6 Å². The highest BCUT2D eigenvalue weighted by molar-refractivity contribution is 6.48. The Bertz CT molecular complexity index is 976. The number of nitrogens with one attached hydrogen (secondary N) is 1. The average molecular weight is 506 g/mol. The normalized spacial score (nSPS) is 16.3. The second-order valence-electron chi connectivity index (χ2n) is 7.82. The fraction of sp³-hybridized carbons (Fsp3) is 0.348. The number of alkyl halides is 3. The Hall–Kier alpha value is -1.73. The number of benzene rings is 2. The number of amides is 1. The van der Waals surface area contributed by atoms with Crippen LogP contribution in [0.1, 0.15) is 34.3 Å². The number of halogens is 6. The van der Waals surface area contributed by atoms with Crippen LogP contribution in [0, 0.1) is 0 Å². The summed E-state index contributed by atoms with van der Waals surface area (Å²) in [5, 5.41) is 2.92. The molecule has 2 aromatic rings. The fourth-order valence-corrected chi connectivity index (χ4v) is 4.14. The number of carbonyl (C=O) groups is 1. The van der Waals surface area contributed by atoms with Crippen molar-refractivity contribution in [2.75, 3.05) is 20.1 Å². The molecule has 1 aliphatic rings. The third-order valence-corrected chi connectivity index (χ3v) is 6.61. The lowest BCUT2D eigenvalue weighted by atomic mass is 10.0. The average Bonchev–Trinajstić information content (AvgIpc) is 2.73. The third kappa shape index (κ3) is 6.41. The summed E-state index contributed by atoms with van der Waals surface area (Å²) in [7, 11) is 2.05.